The minimum absolute atomic E-state index is 0.155. The Morgan fingerprint density at radius 2 is 1.97 bits per heavy atom. The number of ether oxygens (including phenoxy) is 1. The fraction of sp³-hybridized carbons (Fsp3) is 0.261. The second-order valence-electron chi connectivity index (χ2n) is 7.13. The fourth-order valence-corrected chi connectivity index (χ4v) is 3.11. The predicted molar refractivity (Wildman–Crippen MR) is 113 cm³/mol. The Bertz CT molecular complexity index is 1040. The second kappa shape index (κ2) is 8.92. The maximum atomic E-state index is 13.3. The van der Waals surface area contributed by atoms with Crippen LogP contribution in [0.25, 0.3) is 27.7 Å². The van der Waals surface area contributed by atoms with E-state index < -0.39 is 0 Å². The van der Waals surface area contributed by atoms with E-state index in [-0.39, 0.29) is 11.7 Å². The zero-order valence-corrected chi connectivity index (χ0v) is 17.1. The first-order valence-corrected chi connectivity index (χ1v) is 9.35. The van der Waals surface area contributed by atoms with Crippen molar-refractivity contribution in [3.8, 4) is 16.9 Å². The van der Waals surface area contributed by atoms with Gasteiger partial charge in [-0.3, -0.25) is 4.79 Å². The van der Waals surface area contributed by atoms with Crippen LogP contribution >= 0.6 is 0 Å². The third-order valence-electron chi connectivity index (χ3n) is 4.68. The Labute approximate surface area is 169 Å². The van der Waals surface area contributed by atoms with E-state index in [2.05, 4.69) is 5.32 Å². The molecule has 6 heteroatoms. The number of methoxy groups -OCH3 is 1. The van der Waals surface area contributed by atoms with Crippen molar-refractivity contribution < 1.29 is 18.3 Å². The quantitative estimate of drug-likeness (QED) is 0.604. The lowest BCUT2D eigenvalue weighted by atomic mass is 9.99. The lowest BCUT2D eigenvalue weighted by Crippen LogP contribution is -2.30. The molecule has 0 aliphatic rings. The smallest absolute Gasteiger partial charge is 0.244 e. The molecule has 152 valence electrons. The van der Waals surface area contributed by atoms with Crippen LogP contribution in [-0.4, -0.2) is 45.1 Å². The van der Waals surface area contributed by atoms with Crippen LogP contribution in [0.15, 0.2) is 53.2 Å². The maximum Gasteiger partial charge on any atom is 0.244 e. The van der Waals surface area contributed by atoms with Gasteiger partial charge in [-0.1, -0.05) is 12.1 Å². The highest BCUT2D eigenvalue weighted by Crippen LogP contribution is 2.37. The Balaban J connectivity index is 1.96. The number of nitrogens with zero attached hydrogens (tertiary/aromatic N) is 1. The number of amides is 1. The van der Waals surface area contributed by atoms with E-state index in [4.69, 9.17) is 9.15 Å². The molecule has 0 atom stereocenters. The summed E-state index contributed by atoms with van der Waals surface area (Å²) in [7, 11) is 5.49. The molecule has 0 saturated heterocycles. The van der Waals surface area contributed by atoms with Crippen LogP contribution in [0, 0.1) is 5.82 Å². The summed E-state index contributed by atoms with van der Waals surface area (Å²) in [5, 5.41) is 3.74. The molecule has 0 spiro atoms. The van der Waals surface area contributed by atoms with E-state index >= 15 is 0 Å². The normalized spacial score (nSPS) is 11.9. The fourth-order valence-electron chi connectivity index (χ4n) is 3.11. The van der Waals surface area contributed by atoms with Crippen molar-refractivity contribution in [3.05, 3.63) is 60.1 Å². The molecular weight excluding hydrogens is 371 g/mol. The molecule has 0 aliphatic carbocycles. The third-order valence-corrected chi connectivity index (χ3v) is 4.68. The van der Waals surface area contributed by atoms with Crippen molar-refractivity contribution in [1.29, 1.82) is 0 Å². The number of rotatable bonds is 7. The third kappa shape index (κ3) is 4.84. The van der Waals surface area contributed by atoms with Gasteiger partial charge in [0.05, 0.1) is 13.4 Å². The van der Waals surface area contributed by atoms with E-state index in [1.54, 1.807) is 37.6 Å². The van der Waals surface area contributed by atoms with Gasteiger partial charge in [0.1, 0.15) is 17.1 Å². The van der Waals surface area contributed by atoms with Gasteiger partial charge in [-0.15, -0.1) is 0 Å². The first kappa shape index (κ1) is 20.6. The Hall–Kier alpha value is -3.12. The Morgan fingerprint density at radius 1 is 1.24 bits per heavy atom. The van der Waals surface area contributed by atoms with Crippen LogP contribution in [0.3, 0.4) is 0 Å². The number of halogens is 1. The van der Waals surface area contributed by atoms with E-state index in [0.717, 1.165) is 34.2 Å². The number of likely N-dealkylation sites (N-methyl/N-ethyl adjacent to an activating group) is 1. The van der Waals surface area contributed by atoms with Gasteiger partial charge in [-0.05, 0) is 50.4 Å². The zero-order valence-electron chi connectivity index (χ0n) is 17.1. The number of nitrogens with one attached hydrogen (secondary N) is 1. The maximum absolute atomic E-state index is 13.3. The number of allylic oxidation sites excluding steroid dienone is 1. The van der Waals surface area contributed by atoms with Crippen molar-refractivity contribution in [2.75, 3.05) is 34.3 Å². The number of hydrogen-bond donors (Lipinski definition) is 1. The van der Waals surface area contributed by atoms with Gasteiger partial charge in [-0.25, -0.2) is 4.39 Å². The van der Waals surface area contributed by atoms with Gasteiger partial charge in [0.2, 0.25) is 5.91 Å². The minimum Gasteiger partial charge on any atom is -0.496 e. The summed E-state index contributed by atoms with van der Waals surface area (Å²) in [4.78, 5) is 14.2. The van der Waals surface area contributed by atoms with Crippen LogP contribution in [0.5, 0.6) is 5.75 Å². The molecule has 1 N–H and O–H groups in total. The van der Waals surface area contributed by atoms with Crippen LogP contribution in [-0.2, 0) is 4.79 Å². The van der Waals surface area contributed by atoms with Gasteiger partial charge < -0.3 is 19.4 Å². The summed E-state index contributed by atoms with van der Waals surface area (Å²) in [6.07, 6.45) is 3.21. The van der Waals surface area contributed by atoms with Gasteiger partial charge in [0.15, 0.2) is 0 Å². The zero-order chi connectivity index (χ0) is 21.0. The minimum atomic E-state index is -0.289. The number of carbonyl (C=O) groups excluding carboxylic acids is 1. The van der Waals surface area contributed by atoms with E-state index in [1.165, 1.54) is 12.1 Å². The highest BCUT2D eigenvalue weighted by Gasteiger charge is 2.15. The number of benzene rings is 2. The molecule has 0 aliphatic heterocycles. The summed E-state index contributed by atoms with van der Waals surface area (Å²) in [6.45, 7) is 3.21. The molecule has 5 nitrogen and oxygen atoms in total. The van der Waals surface area contributed by atoms with Gasteiger partial charge >= 0.3 is 0 Å². The summed E-state index contributed by atoms with van der Waals surface area (Å²) >= 11 is 0. The first-order valence-electron chi connectivity index (χ1n) is 9.35. The molecule has 2 aromatic carbocycles. The SMILES string of the molecule is COc1cc2occ(-c3ccc(F)cc3)c2cc1/C(C)=C/C(=O)NCCN(C)C. The monoisotopic (exact) mass is 396 g/mol. The lowest BCUT2D eigenvalue weighted by Gasteiger charge is -2.11. The van der Waals surface area contributed by atoms with Crippen molar-refractivity contribution in [1.82, 2.24) is 10.2 Å². The van der Waals surface area contributed by atoms with Gasteiger partial charge in [0, 0.05) is 41.7 Å². The van der Waals surface area contributed by atoms with Crippen LogP contribution < -0.4 is 10.1 Å². The van der Waals surface area contributed by atoms with Crippen LogP contribution in [0.2, 0.25) is 0 Å². The molecule has 3 aromatic rings. The molecule has 1 aromatic heterocycles. The highest BCUT2D eigenvalue weighted by atomic mass is 19.1. The van der Waals surface area contributed by atoms with Crippen molar-refractivity contribution in [2.24, 2.45) is 0 Å². The topological polar surface area (TPSA) is 54.7 Å². The van der Waals surface area contributed by atoms with Crippen molar-refractivity contribution in [2.45, 2.75) is 6.92 Å². The predicted octanol–water partition coefficient (Wildman–Crippen LogP) is 4.33. The second-order valence-corrected chi connectivity index (χ2v) is 7.13. The Kier molecular flexibility index (Phi) is 6.34. The summed E-state index contributed by atoms with van der Waals surface area (Å²) in [5.74, 6) is 0.174. The number of fused-ring (bicyclic) bond motifs is 1. The molecule has 0 radical (unpaired) electrons. The molecule has 0 bridgehead atoms. The van der Waals surface area contributed by atoms with E-state index in [1.807, 2.05) is 32.0 Å². The average molecular weight is 396 g/mol. The molecule has 1 amide bonds. The molecule has 29 heavy (non-hydrogen) atoms. The summed E-state index contributed by atoms with van der Waals surface area (Å²) in [5.41, 5.74) is 3.94. The molecule has 0 saturated carbocycles. The molecule has 3 rings (SSSR count). The average Bonchev–Trinajstić information content (AvgIpc) is 3.10. The standard InChI is InChI=1S/C23H25FN2O3/c1-15(11-23(27)25-9-10-26(2)3)18-12-19-20(16-5-7-17(24)8-6-16)14-29-22(19)13-21(18)28-4/h5-8,11-14H,9-10H2,1-4H3,(H,25,27)/b15-11+. The summed E-state index contributed by atoms with van der Waals surface area (Å²) < 4.78 is 24.5. The lowest BCUT2D eigenvalue weighted by molar-refractivity contribution is -0.116. The van der Waals surface area contributed by atoms with E-state index in [0.29, 0.717) is 17.9 Å². The van der Waals surface area contributed by atoms with Gasteiger partial charge in [0.25, 0.3) is 0 Å². The molecular formula is C23H25FN2O3. The molecule has 0 unspecified atom stereocenters. The Morgan fingerprint density at radius 3 is 2.62 bits per heavy atom. The van der Waals surface area contributed by atoms with Crippen LogP contribution in [0.4, 0.5) is 4.39 Å². The first-order chi connectivity index (χ1) is 13.9. The number of carbonyl (C=O) groups is 1. The molecule has 0 fully saturated rings. The number of furan rings is 1. The van der Waals surface area contributed by atoms with Crippen molar-refractivity contribution in [3.63, 3.8) is 0 Å². The van der Waals surface area contributed by atoms with E-state index in [9.17, 15) is 9.18 Å². The van der Waals surface area contributed by atoms with Gasteiger partial charge in [-0.2, -0.15) is 0 Å². The van der Waals surface area contributed by atoms with Crippen LogP contribution in [0.1, 0.15) is 12.5 Å². The summed E-state index contributed by atoms with van der Waals surface area (Å²) in [6, 6.07) is 10.0. The van der Waals surface area contributed by atoms with Crippen molar-refractivity contribution >= 4 is 22.4 Å². The molecule has 1 heterocycles. The highest BCUT2D eigenvalue weighted by molar-refractivity contribution is 6.00. The largest absolute Gasteiger partial charge is 0.496 e. The number of hydrogen-bond acceptors (Lipinski definition) is 4.